The van der Waals surface area contributed by atoms with Gasteiger partial charge in [-0.1, -0.05) is 41.9 Å². The van der Waals surface area contributed by atoms with Crippen molar-refractivity contribution in [3.05, 3.63) is 64.7 Å². The molecule has 1 atom stereocenters. The van der Waals surface area contributed by atoms with Gasteiger partial charge in [0, 0.05) is 16.1 Å². The molecule has 0 bridgehead atoms. The van der Waals surface area contributed by atoms with Crippen molar-refractivity contribution in [3.8, 4) is 0 Å². The number of carbonyl (C=O) groups is 1. The highest BCUT2D eigenvalue weighted by atomic mass is 35.5. The van der Waals surface area contributed by atoms with Crippen molar-refractivity contribution in [1.29, 1.82) is 0 Å². The van der Waals surface area contributed by atoms with Crippen LogP contribution in [0.15, 0.2) is 58.8 Å². The summed E-state index contributed by atoms with van der Waals surface area (Å²) < 4.78 is 0. The molecule has 0 saturated heterocycles. The number of hydrogen-bond acceptors (Lipinski definition) is 3. The summed E-state index contributed by atoms with van der Waals surface area (Å²) in [6, 6.07) is 13.8. The van der Waals surface area contributed by atoms with E-state index in [0.717, 1.165) is 11.3 Å². The van der Waals surface area contributed by atoms with Crippen LogP contribution in [0.2, 0.25) is 5.02 Å². The summed E-state index contributed by atoms with van der Waals surface area (Å²) in [5.41, 5.74) is 2.17. The van der Waals surface area contributed by atoms with Gasteiger partial charge in [0.15, 0.2) is 11.8 Å². The van der Waals surface area contributed by atoms with E-state index in [1.165, 1.54) is 0 Å². The molecule has 2 aromatic rings. The fourth-order valence-corrected chi connectivity index (χ4v) is 2.18. The Morgan fingerprint density at radius 1 is 1.11 bits per heavy atom. The van der Waals surface area contributed by atoms with Crippen molar-refractivity contribution in [1.82, 2.24) is 0 Å². The first kappa shape index (κ1) is 11.1. The van der Waals surface area contributed by atoms with Crippen molar-refractivity contribution in [2.24, 2.45) is 10.2 Å². The Morgan fingerprint density at radius 2 is 1.94 bits per heavy atom. The Morgan fingerprint density at radius 3 is 2.78 bits per heavy atom. The maximum absolute atomic E-state index is 12.3. The van der Waals surface area contributed by atoms with Crippen LogP contribution in [0.3, 0.4) is 0 Å². The van der Waals surface area contributed by atoms with Crippen molar-refractivity contribution in [2.45, 2.75) is 6.04 Å². The summed E-state index contributed by atoms with van der Waals surface area (Å²) >= 11 is 5.89. The zero-order valence-corrected chi connectivity index (χ0v) is 10.1. The van der Waals surface area contributed by atoms with Crippen LogP contribution in [-0.4, -0.2) is 5.78 Å². The molecule has 0 saturated carbocycles. The number of halogens is 1. The largest absolute Gasteiger partial charge is 0.291 e. The standard InChI is InChI=1S/C14H9ClN2O/c15-10-5-3-4-9(8-10)14(18)13-11-6-1-2-7-12(11)16-17-13/h1-8,13H. The quantitative estimate of drug-likeness (QED) is 0.736. The van der Waals surface area contributed by atoms with Gasteiger partial charge in [-0.3, -0.25) is 4.79 Å². The molecule has 0 aliphatic carbocycles. The molecule has 18 heavy (non-hydrogen) atoms. The third-order valence-corrected chi connectivity index (χ3v) is 3.10. The van der Waals surface area contributed by atoms with E-state index in [4.69, 9.17) is 11.6 Å². The number of fused-ring (bicyclic) bond motifs is 1. The van der Waals surface area contributed by atoms with Gasteiger partial charge in [0.25, 0.3) is 0 Å². The van der Waals surface area contributed by atoms with Crippen LogP contribution < -0.4 is 0 Å². The Kier molecular flexibility index (Phi) is 2.68. The maximum atomic E-state index is 12.3. The average Bonchev–Trinajstić information content (AvgIpc) is 2.82. The van der Waals surface area contributed by atoms with Crippen molar-refractivity contribution < 1.29 is 4.79 Å². The molecule has 88 valence electrons. The van der Waals surface area contributed by atoms with E-state index in [9.17, 15) is 4.79 Å². The maximum Gasteiger partial charge on any atom is 0.193 e. The minimum atomic E-state index is -0.542. The molecule has 0 spiro atoms. The zero-order chi connectivity index (χ0) is 12.5. The highest BCUT2D eigenvalue weighted by molar-refractivity contribution is 6.31. The topological polar surface area (TPSA) is 41.8 Å². The van der Waals surface area contributed by atoms with Crippen molar-refractivity contribution in [3.63, 3.8) is 0 Å². The second-order valence-electron chi connectivity index (χ2n) is 4.05. The van der Waals surface area contributed by atoms with Crippen LogP contribution >= 0.6 is 11.6 Å². The Balaban J connectivity index is 1.98. The summed E-state index contributed by atoms with van der Waals surface area (Å²) in [5, 5.41) is 8.61. The molecule has 0 aromatic heterocycles. The molecule has 1 heterocycles. The monoisotopic (exact) mass is 256 g/mol. The van der Waals surface area contributed by atoms with Crippen LogP contribution in [0.25, 0.3) is 0 Å². The van der Waals surface area contributed by atoms with Gasteiger partial charge in [-0.05, 0) is 18.2 Å². The number of ketones is 1. The number of hydrogen-bond donors (Lipinski definition) is 0. The Labute approximate surface area is 109 Å². The third-order valence-electron chi connectivity index (χ3n) is 2.87. The van der Waals surface area contributed by atoms with Gasteiger partial charge in [0.2, 0.25) is 0 Å². The molecule has 0 amide bonds. The Hall–Kier alpha value is -2.00. The number of benzene rings is 2. The SMILES string of the molecule is O=C(c1cccc(Cl)c1)C1N=Nc2ccccc21. The van der Waals surface area contributed by atoms with E-state index in [0.29, 0.717) is 10.6 Å². The third kappa shape index (κ3) is 1.83. The predicted octanol–water partition coefficient (Wildman–Crippen LogP) is 4.36. The van der Waals surface area contributed by atoms with Crippen LogP contribution in [-0.2, 0) is 0 Å². The highest BCUT2D eigenvalue weighted by Crippen LogP contribution is 2.37. The van der Waals surface area contributed by atoms with Gasteiger partial charge in [0.1, 0.15) is 0 Å². The lowest BCUT2D eigenvalue weighted by molar-refractivity contribution is 0.0962. The highest BCUT2D eigenvalue weighted by Gasteiger charge is 2.27. The number of rotatable bonds is 2. The molecule has 3 rings (SSSR count). The molecule has 1 aliphatic heterocycles. The lowest BCUT2D eigenvalue weighted by atomic mass is 9.98. The van der Waals surface area contributed by atoms with Gasteiger partial charge >= 0.3 is 0 Å². The van der Waals surface area contributed by atoms with E-state index in [1.54, 1.807) is 24.3 Å². The predicted molar refractivity (Wildman–Crippen MR) is 69.5 cm³/mol. The molecule has 2 aromatic carbocycles. The van der Waals surface area contributed by atoms with E-state index in [2.05, 4.69) is 10.2 Å². The van der Waals surface area contributed by atoms with E-state index >= 15 is 0 Å². The van der Waals surface area contributed by atoms with Crippen LogP contribution in [0, 0.1) is 0 Å². The number of Topliss-reactive ketones (excluding diaryl/α,β-unsaturated/α-hetero) is 1. The zero-order valence-electron chi connectivity index (χ0n) is 9.38. The van der Waals surface area contributed by atoms with Crippen molar-refractivity contribution >= 4 is 23.1 Å². The summed E-state index contributed by atoms with van der Waals surface area (Å²) in [4.78, 5) is 12.3. The first-order valence-corrected chi connectivity index (χ1v) is 5.93. The van der Waals surface area contributed by atoms with E-state index in [-0.39, 0.29) is 5.78 Å². The molecule has 1 unspecified atom stereocenters. The van der Waals surface area contributed by atoms with Crippen LogP contribution in [0.1, 0.15) is 22.0 Å². The van der Waals surface area contributed by atoms with E-state index < -0.39 is 6.04 Å². The second-order valence-corrected chi connectivity index (χ2v) is 4.49. The molecule has 0 radical (unpaired) electrons. The molecular formula is C14H9ClN2O. The summed E-state index contributed by atoms with van der Waals surface area (Å²) in [6.45, 7) is 0. The average molecular weight is 257 g/mol. The second kappa shape index (κ2) is 4.35. The van der Waals surface area contributed by atoms with Crippen LogP contribution in [0.5, 0.6) is 0 Å². The first-order valence-electron chi connectivity index (χ1n) is 5.55. The minimum Gasteiger partial charge on any atom is -0.291 e. The lowest BCUT2D eigenvalue weighted by Crippen LogP contribution is -2.08. The van der Waals surface area contributed by atoms with Crippen LogP contribution in [0.4, 0.5) is 5.69 Å². The van der Waals surface area contributed by atoms with Gasteiger partial charge in [-0.15, -0.1) is 0 Å². The molecule has 0 fully saturated rings. The summed E-state index contributed by atoms with van der Waals surface area (Å²) in [7, 11) is 0. The van der Waals surface area contributed by atoms with Crippen molar-refractivity contribution in [2.75, 3.05) is 0 Å². The van der Waals surface area contributed by atoms with Gasteiger partial charge < -0.3 is 0 Å². The van der Waals surface area contributed by atoms with Gasteiger partial charge in [0.05, 0.1) is 5.69 Å². The minimum absolute atomic E-state index is 0.0776. The first-order chi connectivity index (χ1) is 8.75. The van der Waals surface area contributed by atoms with Gasteiger partial charge in [-0.2, -0.15) is 10.2 Å². The molecule has 0 N–H and O–H groups in total. The fourth-order valence-electron chi connectivity index (χ4n) is 1.99. The number of carbonyl (C=O) groups excluding carboxylic acids is 1. The molecular weight excluding hydrogens is 248 g/mol. The summed E-state index contributed by atoms with van der Waals surface area (Å²) in [6.07, 6.45) is 0. The number of azo groups is 1. The summed E-state index contributed by atoms with van der Waals surface area (Å²) in [5.74, 6) is -0.0776. The molecule has 3 nitrogen and oxygen atoms in total. The van der Waals surface area contributed by atoms with Gasteiger partial charge in [-0.25, -0.2) is 0 Å². The molecule has 1 aliphatic rings. The smallest absolute Gasteiger partial charge is 0.193 e. The van der Waals surface area contributed by atoms with E-state index in [1.807, 2.05) is 24.3 Å². The fraction of sp³-hybridized carbons (Fsp3) is 0.0714. The lowest BCUT2D eigenvalue weighted by Gasteiger charge is -2.07. The number of nitrogens with zero attached hydrogens (tertiary/aromatic N) is 2. The Bertz CT molecular complexity index is 652. The normalized spacial score (nSPS) is 16.6. The molecule has 4 heteroatoms.